The van der Waals surface area contributed by atoms with Crippen molar-refractivity contribution < 1.29 is 18.7 Å². The predicted octanol–water partition coefficient (Wildman–Crippen LogP) is 5.55. The topological polar surface area (TPSA) is 71.5 Å². The van der Waals surface area contributed by atoms with Gasteiger partial charge in [0.2, 0.25) is 11.8 Å². The first-order valence-electron chi connectivity index (χ1n) is 11.6. The third-order valence-electron chi connectivity index (χ3n) is 5.94. The van der Waals surface area contributed by atoms with Gasteiger partial charge in [-0.05, 0) is 54.8 Å². The number of aryl methyl sites for hydroxylation is 2. The number of amides is 2. The maximum atomic E-state index is 14.0. The lowest BCUT2D eigenvalue weighted by Crippen LogP contribution is -2.42. The number of ether oxygens (including phenoxy) is 1. The number of hydrogen-bond donors (Lipinski definition) is 1. The van der Waals surface area contributed by atoms with Crippen LogP contribution in [0.2, 0.25) is 0 Å². The largest absolute Gasteiger partial charge is 0.474 e. The van der Waals surface area contributed by atoms with E-state index in [1.54, 1.807) is 11.1 Å². The maximum Gasteiger partial charge on any atom is 0.256 e. The summed E-state index contributed by atoms with van der Waals surface area (Å²) in [4.78, 5) is 31.7. The van der Waals surface area contributed by atoms with Gasteiger partial charge in [-0.25, -0.2) is 9.37 Å². The summed E-state index contributed by atoms with van der Waals surface area (Å²) in [6, 6.07) is 15.4. The van der Waals surface area contributed by atoms with E-state index in [1.165, 1.54) is 18.2 Å². The molecule has 182 valence electrons. The molecule has 1 N–H and O–H groups in total. The van der Waals surface area contributed by atoms with Gasteiger partial charge in [-0.1, -0.05) is 34.1 Å². The second-order valence-corrected chi connectivity index (χ2v) is 9.56. The van der Waals surface area contributed by atoms with Crippen molar-refractivity contribution >= 4 is 33.4 Å². The monoisotopic (exact) mass is 539 g/mol. The summed E-state index contributed by atoms with van der Waals surface area (Å²) in [5.74, 6) is -0.491. The van der Waals surface area contributed by atoms with Crippen molar-refractivity contribution in [2.24, 2.45) is 0 Å². The number of nitrogens with one attached hydrogen (secondary N) is 1. The molecule has 0 spiro atoms. The molecule has 0 unspecified atom stereocenters. The van der Waals surface area contributed by atoms with Crippen molar-refractivity contribution in [2.75, 3.05) is 18.4 Å². The fraction of sp³-hybridized carbons (Fsp3) is 0.296. The normalized spacial score (nSPS) is 14.0. The molecule has 0 bridgehead atoms. The number of halogens is 2. The summed E-state index contributed by atoms with van der Waals surface area (Å²) < 4.78 is 20.9. The summed E-state index contributed by atoms with van der Waals surface area (Å²) in [6.45, 7) is 2.91. The Morgan fingerprint density at radius 1 is 1.11 bits per heavy atom. The number of rotatable bonds is 7. The molecule has 1 saturated heterocycles. The van der Waals surface area contributed by atoms with E-state index >= 15 is 0 Å². The fourth-order valence-electron chi connectivity index (χ4n) is 3.97. The Labute approximate surface area is 212 Å². The molecule has 2 aromatic carbocycles. The molecule has 4 rings (SSSR count). The molecule has 2 amide bonds. The zero-order valence-corrected chi connectivity index (χ0v) is 21.1. The number of likely N-dealkylation sites (tertiary alicyclic amines) is 1. The summed E-state index contributed by atoms with van der Waals surface area (Å²) >= 11 is 3.39. The van der Waals surface area contributed by atoms with Gasteiger partial charge >= 0.3 is 0 Å². The Kier molecular flexibility index (Phi) is 8.13. The Balaban J connectivity index is 1.35. The lowest BCUT2D eigenvalue weighted by Gasteiger charge is -2.32. The van der Waals surface area contributed by atoms with Crippen molar-refractivity contribution in [1.29, 1.82) is 0 Å². The zero-order chi connectivity index (χ0) is 24.8. The molecule has 0 saturated carbocycles. The minimum absolute atomic E-state index is 0.0421. The third-order valence-corrected chi connectivity index (χ3v) is 6.47. The van der Waals surface area contributed by atoms with E-state index < -0.39 is 5.82 Å². The highest BCUT2D eigenvalue weighted by molar-refractivity contribution is 9.10. The average molecular weight is 540 g/mol. The number of piperidine rings is 1. The molecule has 1 aliphatic rings. The van der Waals surface area contributed by atoms with Crippen molar-refractivity contribution in [3.05, 3.63) is 87.8 Å². The van der Waals surface area contributed by atoms with E-state index in [2.05, 4.69) is 26.2 Å². The maximum absolute atomic E-state index is 14.0. The Morgan fingerprint density at radius 3 is 2.54 bits per heavy atom. The van der Waals surface area contributed by atoms with Gasteiger partial charge < -0.3 is 15.0 Å². The summed E-state index contributed by atoms with van der Waals surface area (Å²) in [5, 5.41) is 2.79. The number of carbonyl (C=O) groups is 2. The van der Waals surface area contributed by atoms with E-state index in [-0.39, 0.29) is 29.9 Å². The number of pyridine rings is 1. The standard InChI is InChI=1S/C27H27BrFN3O3/c1-18-2-11-26(30-17-18)35-22-12-14-32(15-13-22)27(34)23-16-21(29)8-9-24(23)31-25(33)10-5-19-3-6-20(28)7-4-19/h2-4,6-9,11,16-17,22H,5,10,12-15H2,1H3,(H,31,33). The van der Waals surface area contributed by atoms with Gasteiger partial charge in [0, 0.05) is 49.1 Å². The fourth-order valence-corrected chi connectivity index (χ4v) is 4.23. The molecule has 0 atom stereocenters. The van der Waals surface area contributed by atoms with Crippen LogP contribution >= 0.6 is 15.9 Å². The van der Waals surface area contributed by atoms with Crippen LogP contribution in [0.25, 0.3) is 0 Å². The van der Waals surface area contributed by atoms with Gasteiger partial charge in [0.1, 0.15) is 11.9 Å². The Hall–Kier alpha value is -3.26. The summed E-state index contributed by atoms with van der Waals surface area (Å²) in [6.07, 6.45) is 3.82. The molecule has 35 heavy (non-hydrogen) atoms. The average Bonchev–Trinajstić information content (AvgIpc) is 2.86. The SMILES string of the molecule is Cc1ccc(OC2CCN(C(=O)c3cc(F)ccc3NC(=O)CCc3ccc(Br)cc3)CC2)nc1. The van der Waals surface area contributed by atoms with Crippen molar-refractivity contribution in [3.8, 4) is 5.88 Å². The molecule has 3 aromatic rings. The Morgan fingerprint density at radius 2 is 1.86 bits per heavy atom. The number of aromatic nitrogens is 1. The van der Waals surface area contributed by atoms with Gasteiger partial charge in [0.25, 0.3) is 5.91 Å². The second-order valence-electron chi connectivity index (χ2n) is 8.65. The first kappa shape index (κ1) is 24.9. The quantitative estimate of drug-likeness (QED) is 0.427. The minimum Gasteiger partial charge on any atom is -0.474 e. The number of carbonyl (C=O) groups excluding carboxylic acids is 2. The van der Waals surface area contributed by atoms with Crippen LogP contribution in [0.5, 0.6) is 5.88 Å². The van der Waals surface area contributed by atoms with Crippen molar-refractivity contribution in [2.45, 2.75) is 38.7 Å². The van der Waals surface area contributed by atoms with E-state index in [1.807, 2.05) is 43.3 Å². The van der Waals surface area contributed by atoms with Crippen LogP contribution in [-0.2, 0) is 11.2 Å². The van der Waals surface area contributed by atoms with Crippen molar-refractivity contribution in [1.82, 2.24) is 9.88 Å². The number of nitrogens with zero attached hydrogens (tertiary/aromatic N) is 2. The highest BCUT2D eigenvalue weighted by Gasteiger charge is 2.27. The molecule has 8 heteroatoms. The van der Waals surface area contributed by atoms with Gasteiger partial charge in [-0.2, -0.15) is 0 Å². The molecule has 6 nitrogen and oxygen atoms in total. The highest BCUT2D eigenvalue weighted by Crippen LogP contribution is 2.24. The van der Waals surface area contributed by atoms with Crippen LogP contribution in [0.1, 0.15) is 40.7 Å². The van der Waals surface area contributed by atoms with Crippen LogP contribution in [0.15, 0.2) is 65.3 Å². The third kappa shape index (κ3) is 6.88. The molecule has 1 aliphatic heterocycles. The van der Waals surface area contributed by atoms with E-state index in [9.17, 15) is 14.0 Å². The van der Waals surface area contributed by atoms with Crippen LogP contribution in [-0.4, -0.2) is 40.9 Å². The number of hydrogen-bond acceptors (Lipinski definition) is 4. The molecule has 0 aliphatic carbocycles. The van der Waals surface area contributed by atoms with Crippen LogP contribution in [0.3, 0.4) is 0 Å². The molecular formula is C27H27BrFN3O3. The molecule has 2 heterocycles. The Bertz CT molecular complexity index is 1180. The lowest BCUT2D eigenvalue weighted by molar-refractivity contribution is -0.116. The highest BCUT2D eigenvalue weighted by atomic mass is 79.9. The van der Waals surface area contributed by atoms with Gasteiger partial charge in [0.05, 0.1) is 11.3 Å². The van der Waals surface area contributed by atoms with Gasteiger partial charge in [-0.15, -0.1) is 0 Å². The van der Waals surface area contributed by atoms with E-state index in [0.717, 1.165) is 15.6 Å². The zero-order valence-electron chi connectivity index (χ0n) is 19.5. The lowest BCUT2D eigenvalue weighted by atomic mass is 10.0. The predicted molar refractivity (Wildman–Crippen MR) is 136 cm³/mol. The summed E-state index contributed by atoms with van der Waals surface area (Å²) in [5.41, 5.74) is 2.56. The first-order valence-corrected chi connectivity index (χ1v) is 12.4. The van der Waals surface area contributed by atoms with Gasteiger partial charge in [-0.3, -0.25) is 9.59 Å². The number of anilines is 1. The smallest absolute Gasteiger partial charge is 0.256 e. The second kappa shape index (κ2) is 11.4. The molecule has 1 fully saturated rings. The van der Waals surface area contributed by atoms with E-state index in [4.69, 9.17) is 4.74 Å². The van der Waals surface area contributed by atoms with Crippen molar-refractivity contribution in [3.63, 3.8) is 0 Å². The van der Waals surface area contributed by atoms with E-state index in [0.29, 0.717) is 43.9 Å². The first-order chi connectivity index (χ1) is 16.9. The van der Waals surface area contributed by atoms with Gasteiger partial charge in [0.15, 0.2) is 0 Å². The van der Waals surface area contributed by atoms with Crippen LogP contribution in [0, 0.1) is 12.7 Å². The molecule has 0 radical (unpaired) electrons. The van der Waals surface area contributed by atoms with Crippen LogP contribution < -0.4 is 10.1 Å². The minimum atomic E-state index is -0.523. The van der Waals surface area contributed by atoms with Crippen LogP contribution in [0.4, 0.5) is 10.1 Å². The molecular weight excluding hydrogens is 513 g/mol. The number of benzene rings is 2. The summed E-state index contributed by atoms with van der Waals surface area (Å²) in [7, 11) is 0. The molecule has 1 aromatic heterocycles.